The molecule has 2 rings (SSSR count). The number of ether oxygens (including phenoxy) is 1. The molecule has 9 heteroatoms. The molecular weight excluding hydrogens is 380 g/mol. The molecule has 28 heavy (non-hydrogen) atoms. The lowest BCUT2D eigenvalue weighted by Crippen LogP contribution is -2.37. The Bertz CT molecular complexity index is 808. The van der Waals surface area contributed by atoms with Crippen molar-refractivity contribution in [3.8, 4) is 5.75 Å². The van der Waals surface area contributed by atoms with Gasteiger partial charge in [0.05, 0.1) is 12.0 Å². The summed E-state index contributed by atoms with van der Waals surface area (Å²) < 4.78 is 56.2. The Labute approximate surface area is 158 Å². The van der Waals surface area contributed by atoms with Gasteiger partial charge in [-0.25, -0.2) is 4.39 Å². The molecule has 2 N–H and O–H groups in total. The Kier molecular flexibility index (Phi) is 7.36. The van der Waals surface area contributed by atoms with E-state index >= 15 is 0 Å². The predicted octanol–water partition coefficient (Wildman–Crippen LogP) is 2.70. The van der Waals surface area contributed by atoms with Crippen molar-refractivity contribution in [3.63, 3.8) is 0 Å². The van der Waals surface area contributed by atoms with Gasteiger partial charge in [-0.3, -0.25) is 9.59 Å². The first-order chi connectivity index (χ1) is 13.3. The number of amides is 2. The molecule has 0 fully saturated rings. The van der Waals surface area contributed by atoms with Gasteiger partial charge in [0.15, 0.2) is 6.61 Å². The number of halogens is 4. The quantitative estimate of drug-likeness (QED) is 0.531. The molecule has 0 aliphatic rings. The number of rotatable bonds is 8. The summed E-state index contributed by atoms with van der Waals surface area (Å²) in [4.78, 5) is 23.4. The zero-order chi connectivity index (χ0) is 20.6. The Morgan fingerprint density at radius 1 is 0.893 bits per heavy atom. The third-order valence-electron chi connectivity index (χ3n) is 3.60. The fraction of sp³-hybridized carbons (Fsp3) is 0.263. The van der Waals surface area contributed by atoms with Gasteiger partial charge in [0.2, 0.25) is 5.91 Å². The van der Waals surface area contributed by atoms with E-state index in [1.165, 1.54) is 36.4 Å². The lowest BCUT2D eigenvalue weighted by molar-refractivity contribution is -0.139. The monoisotopic (exact) mass is 398 g/mol. The van der Waals surface area contributed by atoms with Crippen LogP contribution >= 0.6 is 0 Å². The van der Waals surface area contributed by atoms with Crippen LogP contribution in [0.3, 0.4) is 0 Å². The van der Waals surface area contributed by atoms with Crippen molar-refractivity contribution in [2.45, 2.75) is 12.6 Å². The molecule has 0 aliphatic carbocycles. The number of alkyl halides is 3. The van der Waals surface area contributed by atoms with Crippen LogP contribution in [0.4, 0.5) is 17.6 Å². The van der Waals surface area contributed by atoms with Gasteiger partial charge >= 0.3 is 6.18 Å². The minimum atomic E-state index is -4.58. The molecule has 2 amide bonds. The van der Waals surface area contributed by atoms with Crippen molar-refractivity contribution >= 4 is 11.8 Å². The third kappa shape index (κ3) is 6.90. The number of para-hydroxylation sites is 1. The van der Waals surface area contributed by atoms with Crippen molar-refractivity contribution in [1.29, 1.82) is 0 Å². The Hall–Kier alpha value is -3.10. The summed E-state index contributed by atoms with van der Waals surface area (Å²) in [6.07, 6.45) is -4.52. The van der Waals surface area contributed by atoms with Gasteiger partial charge in [-0.1, -0.05) is 24.3 Å². The number of hydrogen-bond acceptors (Lipinski definition) is 3. The molecule has 0 unspecified atom stereocenters. The fourth-order valence-corrected chi connectivity index (χ4v) is 2.28. The van der Waals surface area contributed by atoms with E-state index in [9.17, 15) is 27.2 Å². The van der Waals surface area contributed by atoms with Gasteiger partial charge < -0.3 is 15.4 Å². The van der Waals surface area contributed by atoms with Crippen LogP contribution in [0.5, 0.6) is 5.75 Å². The molecule has 0 saturated heterocycles. The Morgan fingerprint density at radius 2 is 1.50 bits per heavy atom. The Morgan fingerprint density at radius 3 is 2.14 bits per heavy atom. The highest BCUT2D eigenvalue weighted by Gasteiger charge is 2.34. The molecule has 0 atom stereocenters. The molecule has 2 aromatic carbocycles. The van der Waals surface area contributed by atoms with E-state index in [1.807, 2.05) is 0 Å². The third-order valence-corrected chi connectivity index (χ3v) is 3.60. The average Bonchev–Trinajstić information content (AvgIpc) is 2.65. The van der Waals surface area contributed by atoms with Crippen molar-refractivity contribution in [2.75, 3.05) is 19.7 Å². The summed E-state index contributed by atoms with van der Waals surface area (Å²) in [5.74, 6) is -1.76. The number of hydrogen-bond donors (Lipinski definition) is 2. The van der Waals surface area contributed by atoms with Gasteiger partial charge in [-0.15, -0.1) is 0 Å². The molecule has 0 saturated carbocycles. The SMILES string of the molecule is O=C(COc1ccccc1C(F)(F)F)NCCNC(=O)Cc1ccc(F)cc1. The molecule has 0 spiro atoms. The van der Waals surface area contributed by atoms with Crippen LogP contribution < -0.4 is 15.4 Å². The van der Waals surface area contributed by atoms with E-state index < -0.39 is 35.8 Å². The van der Waals surface area contributed by atoms with E-state index in [1.54, 1.807) is 0 Å². The lowest BCUT2D eigenvalue weighted by atomic mass is 10.1. The van der Waals surface area contributed by atoms with Crippen molar-refractivity contribution in [2.24, 2.45) is 0 Å². The second kappa shape index (κ2) is 9.72. The summed E-state index contributed by atoms with van der Waals surface area (Å²) in [7, 11) is 0. The number of benzene rings is 2. The molecule has 5 nitrogen and oxygen atoms in total. The first kappa shape index (κ1) is 21.2. The summed E-state index contributed by atoms with van der Waals surface area (Å²) >= 11 is 0. The van der Waals surface area contributed by atoms with E-state index in [2.05, 4.69) is 10.6 Å². The first-order valence-electron chi connectivity index (χ1n) is 8.32. The van der Waals surface area contributed by atoms with Crippen molar-refractivity contribution in [3.05, 3.63) is 65.5 Å². The van der Waals surface area contributed by atoms with E-state index in [4.69, 9.17) is 4.74 Å². The minimum Gasteiger partial charge on any atom is -0.483 e. The highest BCUT2D eigenvalue weighted by Crippen LogP contribution is 2.35. The zero-order valence-corrected chi connectivity index (χ0v) is 14.7. The average molecular weight is 398 g/mol. The Balaban J connectivity index is 1.68. The number of carbonyl (C=O) groups excluding carboxylic acids is 2. The molecule has 0 bridgehead atoms. The number of nitrogens with one attached hydrogen (secondary N) is 2. The minimum absolute atomic E-state index is 0.0611. The molecule has 2 aromatic rings. The maximum absolute atomic E-state index is 12.8. The highest BCUT2D eigenvalue weighted by molar-refractivity contribution is 5.79. The van der Waals surface area contributed by atoms with E-state index in [0.29, 0.717) is 5.56 Å². The van der Waals surface area contributed by atoms with Crippen LogP contribution in [0.2, 0.25) is 0 Å². The summed E-state index contributed by atoms with van der Waals surface area (Å²) in [6.45, 7) is -0.375. The van der Waals surface area contributed by atoms with Crippen molar-refractivity contribution in [1.82, 2.24) is 10.6 Å². The van der Waals surface area contributed by atoms with Crippen LogP contribution in [0.1, 0.15) is 11.1 Å². The summed E-state index contributed by atoms with van der Waals surface area (Å²) in [5, 5.41) is 5.00. The van der Waals surface area contributed by atoms with Crippen molar-refractivity contribution < 1.29 is 31.9 Å². The maximum Gasteiger partial charge on any atom is 0.419 e. The van der Waals surface area contributed by atoms with Gasteiger partial charge in [0, 0.05) is 13.1 Å². The van der Waals surface area contributed by atoms with Crippen LogP contribution in [0.15, 0.2) is 48.5 Å². The first-order valence-corrected chi connectivity index (χ1v) is 8.32. The normalized spacial score (nSPS) is 11.0. The van der Waals surface area contributed by atoms with Crippen LogP contribution in [-0.2, 0) is 22.2 Å². The zero-order valence-electron chi connectivity index (χ0n) is 14.7. The van der Waals surface area contributed by atoms with Gasteiger partial charge in [0.1, 0.15) is 11.6 Å². The lowest BCUT2D eigenvalue weighted by Gasteiger charge is -2.13. The van der Waals surface area contributed by atoms with Crippen LogP contribution in [0.25, 0.3) is 0 Å². The van der Waals surface area contributed by atoms with E-state index in [0.717, 1.165) is 12.1 Å². The highest BCUT2D eigenvalue weighted by atomic mass is 19.4. The van der Waals surface area contributed by atoms with Crippen LogP contribution in [-0.4, -0.2) is 31.5 Å². The van der Waals surface area contributed by atoms with Gasteiger partial charge in [0.25, 0.3) is 5.91 Å². The largest absolute Gasteiger partial charge is 0.483 e. The molecule has 150 valence electrons. The maximum atomic E-state index is 12.8. The summed E-state index contributed by atoms with van der Waals surface area (Å²) in [5.41, 5.74) is -0.324. The standard InChI is InChI=1S/C19H18F4N2O3/c20-14-7-5-13(6-8-14)11-17(26)24-9-10-25-18(27)12-28-16-4-2-1-3-15(16)19(21,22)23/h1-8H,9-12H2,(H,24,26)(H,25,27). The molecule has 0 radical (unpaired) electrons. The number of carbonyl (C=O) groups is 2. The smallest absolute Gasteiger partial charge is 0.419 e. The molecular formula is C19H18F4N2O3. The van der Waals surface area contributed by atoms with Gasteiger partial charge in [-0.05, 0) is 29.8 Å². The summed E-state index contributed by atoms with van der Waals surface area (Å²) in [6, 6.07) is 10.1. The predicted molar refractivity (Wildman–Crippen MR) is 93.1 cm³/mol. The molecule has 0 heterocycles. The molecule has 0 aromatic heterocycles. The second-order valence-corrected chi connectivity index (χ2v) is 5.79. The van der Waals surface area contributed by atoms with Gasteiger partial charge in [-0.2, -0.15) is 13.2 Å². The molecule has 0 aliphatic heterocycles. The van der Waals surface area contributed by atoms with E-state index in [-0.39, 0.29) is 25.4 Å². The second-order valence-electron chi connectivity index (χ2n) is 5.79. The topological polar surface area (TPSA) is 67.4 Å². The fourth-order valence-electron chi connectivity index (χ4n) is 2.28. The van der Waals surface area contributed by atoms with Crippen LogP contribution in [0, 0.1) is 5.82 Å².